The van der Waals surface area contributed by atoms with Crippen LogP contribution in [0.1, 0.15) is 43.0 Å². The molecule has 1 aromatic carbocycles. The molecule has 4 nitrogen and oxygen atoms in total. The van der Waals surface area contributed by atoms with E-state index in [1.807, 2.05) is 18.2 Å². The summed E-state index contributed by atoms with van der Waals surface area (Å²) < 4.78 is 11.0. The van der Waals surface area contributed by atoms with E-state index in [4.69, 9.17) is 9.47 Å². The van der Waals surface area contributed by atoms with Crippen molar-refractivity contribution >= 4 is 5.97 Å². The van der Waals surface area contributed by atoms with Gasteiger partial charge >= 0.3 is 5.97 Å². The zero-order valence-electron chi connectivity index (χ0n) is 12.8. The van der Waals surface area contributed by atoms with Gasteiger partial charge in [0.15, 0.2) is 0 Å². The molecule has 1 aliphatic rings. The van der Waals surface area contributed by atoms with Crippen molar-refractivity contribution < 1.29 is 14.3 Å². The Morgan fingerprint density at radius 1 is 1.19 bits per heavy atom. The van der Waals surface area contributed by atoms with Crippen molar-refractivity contribution in [2.45, 2.75) is 32.6 Å². The second kappa shape index (κ2) is 8.67. The molecule has 0 N–H and O–H groups in total. The Balaban J connectivity index is 1.82. The van der Waals surface area contributed by atoms with Gasteiger partial charge in [-0.15, -0.1) is 0 Å². The molecule has 0 saturated carbocycles. The number of hydrogen-bond acceptors (Lipinski definition) is 4. The van der Waals surface area contributed by atoms with Gasteiger partial charge in [0.25, 0.3) is 0 Å². The minimum atomic E-state index is -0.290. The lowest BCUT2D eigenvalue weighted by molar-refractivity contribution is 0.0467. The van der Waals surface area contributed by atoms with Crippen molar-refractivity contribution in [3.8, 4) is 5.75 Å². The largest absolute Gasteiger partial charge is 0.493 e. The van der Waals surface area contributed by atoms with Crippen molar-refractivity contribution in [3.05, 3.63) is 29.8 Å². The van der Waals surface area contributed by atoms with Gasteiger partial charge in [0.2, 0.25) is 0 Å². The van der Waals surface area contributed by atoms with E-state index in [1.54, 1.807) is 6.07 Å². The molecule has 0 radical (unpaired) electrons. The topological polar surface area (TPSA) is 38.8 Å². The molecule has 1 saturated heterocycles. The van der Waals surface area contributed by atoms with E-state index < -0.39 is 0 Å². The maximum absolute atomic E-state index is 12.2. The van der Waals surface area contributed by atoms with Gasteiger partial charge in [0.1, 0.15) is 17.9 Å². The fraction of sp³-hybridized carbons (Fsp3) is 0.588. The highest BCUT2D eigenvalue weighted by Gasteiger charge is 2.15. The van der Waals surface area contributed by atoms with Gasteiger partial charge in [-0.2, -0.15) is 0 Å². The first-order valence-corrected chi connectivity index (χ1v) is 7.92. The van der Waals surface area contributed by atoms with Crippen LogP contribution in [-0.4, -0.2) is 43.7 Å². The molecule has 1 heterocycles. The van der Waals surface area contributed by atoms with Gasteiger partial charge in [-0.1, -0.05) is 25.5 Å². The average molecular weight is 291 g/mol. The molecule has 1 aliphatic heterocycles. The lowest BCUT2D eigenvalue weighted by Crippen LogP contribution is -2.25. The number of nitrogens with zero attached hydrogens (tertiary/aromatic N) is 1. The molecule has 116 valence electrons. The van der Waals surface area contributed by atoms with Crippen LogP contribution in [-0.2, 0) is 4.74 Å². The Bertz CT molecular complexity index is 441. The van der Waals surface area contributed by atoms with E-state index in [1.165, 1.54) is 12.8 Å². The molecule has 0 aromatic heterocycles. The average Bonchev–Trinajstić information content (AvgIpc) is 3.01. The summed E-state index contributed by atoms with van der Waals surface area (Å²) in [5, 5.41) is 0. The zero-order valence-corrected chi connectivity index (χ0v) is 12.8. The van der Waals surface area contributed by atoms with Gasteiger partial charge in [-0.3, -0.25) is 4.90 Å². The number of rotatable bonds is 8. The summed E-state index contributed by atoms with van der Waals surface area (Å²) in [4.78, 5) is 14.5. The molecule has 0 unspecified atom stereocenters. The molecule has 0 aliphatic carbocycles. The monoisotopic (exact) mass is 291 g/mol. The number of para-hydroxylation sites is 1. The maximum atomic E-state index is 12.2. The van der Waals surface area contributed by atoms with Crippen LogP contribution in [0.4, 0.5) is 0 Å². The molecule has 21 heavy (non-hydrogen) atoms. The second-order valence-corrected chi connectivity index (χ2v) is 5.38. The van der Waals surface area contributed by atoms with Crippen LogP contribution in [0.2, 0.25) is 0 Å². The van der Waals surface area contributed by atoms with Crippen LogP contribution in [0, 0.1) is 0 Å². The Labute approximate surface area is 127 Å². The Hall–Kier alpha value is -1.55. The number of benzene rings is 1. The Morgan fingerprint density at radius 2 is 1.95 bits per heavy atom. The lowest BCUT2D eigenvalue weighted by atomic mass is 10.2. The first kappa shape index (κ1) is 15.8. The fourth-order valence-electron chi connectivity index (χ4n) is 2.44. The smallest absolute Gasteiger partial charge is 0.341 e. The third-order valence-corrected chi connectivity index (χ3v) is 3.70. The molecule has 0 spiro atoms. The molecule has 0 amide bonds. The standard InChI is InChI=1S/C17H25NO3/c1-2-3-13-20-16-9-5-4-8-15(16)17(19)21-14-12-18-10-6-7-11-18/h4-5,8-9H,2-3,6-7,10-14H2,1H3. The summed E-state index contributed by atoms with van der Waals surface area (Å²) in [6.07, 6.45) is 4.56. The van der Waals surface area contributed by atoms with Crippen molar-refractivity contribution in [1.29, 1.82) is 0 Å². The Morgan fingerprint density at radius 3 is 2.71 bits per heavy atom. The molecule has 0 bridgehead atoms. The van der Waals surface area contributed by atoms with Crippen LogP contribution in [0.25, 0.3) is 0 Å². The normalized spacial score (nSPS) is 15.1. The highest BCUT2D eigenvalue weighted by Crippen LogP contribution is 2.19. The molecule has 1 fully saturated rings. The minimum Gasteiger partial charge on any atom is -0.493 e. The van der Waals surface area contributed by atoms with Crippen LogP contribution < -0.4 is 4.74 Å². The van der Waals surface area contributed by atoms with Crippen molar-refractivity contribution in [2.24, 2.45) is 0 Å². The number of esters is 1. The number of carbonyl (C=O) groups is 1. The summed E-state index contributed by atoms with van der Waals surface area (Å²) in [5.74, 6) is 0.332. The third kappa shape index (κ3) is 5.05. The molecular weight excluding hydrogens is 266 g/mol. The SMILES string of the molecule is CCCCOc1ccccc1C(=O)OCCN1CCCC1. The number of carbonyl (C=O) groups excluding carboxylic acids is 1. The highest BCUT2D eigenvalue weighted by atomic mass is 16.5. The number of unbranched alkanes of at least 4 members (excludes halogenated alkanes) is 1. The summed E-state index contributed by atoms with van der Waals surface area (Å²) in [7, 11) is 0. The van der Waals surface area contributed by atoms with E-state index in [9.17, 15) is 4.79 Å². The quantitative estimate of drug-likeness (QED) is 0.545. The summed E-state index contributed by atoms with van der Waals surface area (Å²) >= 11 is 0. The van der Waals surface area contributed by atoms with Gasteiger partial charge in [0.05, 0.1) is 6.61 Å². The summed E-state index contributed by atoms with van der Waals surface area (Å²) in [6, 6.07) is 7.30. The lowest BCUT2D eigenvalue weighted by Gasteiger charge is -2.15. The second-order valence-electron chi connectivity index (χ2n) is 5.38. The first-order valence-electron chi connectivity index (χ1n) is 7.92. The fourth-order valence-corrected chi connectivity index (χ4v) is 2.44. The molecular formula is C17H25NO3. The van der Waals surface area contributed by atoms with E-state index in [2.05, 4.69) is 11.8 Å². The first-order chi connectivity index (χ1) is 10.3. The van der Waals surface area contributed by atoms with Crippen LogP contribution in [0.5, 0.6) is 5.75 Å². The molecule has 1 aromatic rings. The molecule has 2 rings (SSSR count). The Kier molecular flexibility index (Phi) is 6.54. The van der Waals surface area contributed by atoms with Crippen LogP contribution in [0.3, 0.4) is 0 Å². The number of ether oxygens (including phenoxy) is 2. The van der Waals surface area contributed by atoms with Gasteiger partial charge in [0, 0.05) is 6.54 Å². The molecule has 0 atom stereocenters. The van der Waals surface area contributed by atoms with Crippen LogP contribution >= 0.6 is 0 Å². The summed E-state index contributed by atoms with van der Waals surface area (Å²) in [5.41, 5.74) is 0.523. The third-order valence-electron chi connectivity index (χ3n) is 3.70. The predicted octanol–water partition coefficient (Wildman–Crippen LogP) is 3.12. The minimum absolute atomic E-state index is 0.290. The maximum Gasteiger partial charge on any atom is 0.341 e. The highest BCUT2D eigenvalue weighted by molar-refractivity contribution is 5.92. The van der Waals surface area contributed by atoms with Gasteiger partial charge < -0.3 is 9.47 Å². The van der Waals surface area contributed by atoms with Crippen molar-refractivity contribution in [2.75, 3.05) is 32.8 Å². The number of likely N-dealkylation sites (tertiary alicyclic amines) is 1. The zero-order chi connectivity index (χ0) is 14.9. The van der Waals surface area contributed by atoms with E-state index in [0.717, 1.165) is 32.5 Å². The predicted molar refractivity (Wildman–Crippen MR) is 82.8 cm³/mol. The van der Waals surface area contributed by atoms with E-state index in [0.29, 0.717) is 24.5 Å². The summed E-state index contributed by atoms with van der Waals surface area (Å²) in [6.45, 7) is 6.26. The van der Waals surface area contributed by atoms with E-state index in [-0.39, 0.29) is 5.97 Å². The van der Waals surface area contributed by atoms with Crippen molar-refractivity contribution in [1.82, 2.24) is 4.90 Å². The van der Waals surface area contributed by atoms with Crippen molar-refractivity contribution in [3.63, 3.8) is 0 Å². The van der Waals surface area contributed by atoms with Gasteiger partial charge in [-0.05, 0) is 44.5 Å². The van der Waals surface area contributed by atoms with Gasteiger partial charge in [-0.25, -0.2) is 4.79 Å². The molecule has 4 heteroatoms. The number of hydrogen-bond donors (Lipinski definition) is 0. The van der Waals surface area contributed by atoms with Crippen LogP contribution in [0.15, 0.2) is 24.3 Å². The van der Waals surface area contributed by atoms with E-state index >= 15 is 0 Å².